The molecule has 4 aromatic heterocycles. The standard InChI is InChI=1S/C23H27F2N7O2/c1-13-26-17-5-4-16(28-20(17)31(13)12-18(24)25)15-8-11-32-19(15)21(34-3)29-22(30-32)27-14-6-9-23(2,33)10-7-14/h4-5,8,11,14,18,33H,6-7,9-10,12H2,1-3H3,(H,27,30). The maximum atomic E-state index is 13.1. The molecule has 0 radical (unpaired) electrons. The molecule has 1 aliphatic carbocycles. The molecule has 9 nitrogen and oxygen atoms in total. The highest BCUT2D eigenvalue weighted by Crippen LogP contribution is 2.33. The van der Waals surface area contributed by atoms with Gasteiger partial charge in [-0.25, -0.2) is 23.3 Å². The number of alkyl halides is 2. The number of hydrogen-bond donors (Lipinski definition) is 2. The Labute approximate surface area is 194 Å². The molecule has 34 heavy (non-hydrogen) atoms. The highest BCUT2D eigenvalue weighted by atomic mass is 19.3. The fraction of sp³-hybridized carbons (Fsp3) is 0.478. The van der Waals surface area contributed by atoms with E-state index in [1.54, 1.807) is 36.9 Å². The van der Waals surface area contributed by atoms with Crippen LogP contribution in [0.3, 0.4) is 0 Å². The monoisotopic (exact) mass is 471 g/mol. The van der Waals surface area contributed by atoms with E-state index in [0.717, 1.165) is 18.4 Å². The third kappa shape index (κ3) is 4.15. The van der Waals surface area contributed by atoms with Crippen molar-refractivity contribution in [1.29, 1.82) is 0 Å². The van der Waals surface area contributed by atoms with Crippen LogP contribution in [0, 0.1) is 6.92 Å². The maximum Gasteiger partial charge on any atom is 0.256 e. The van der Waals surface area contributed by atoms with E-state index in [1.165, 1.54) is 4.57 Å². The van der Waals surface area contributed by atoms with Gasteiger partial charge in [0, 0.05) is 17.8 Å². The Bertz CT molecular complexity index is 1340. The number of nitrogens with one attached hydrogen (secondary N) is 1. The molecule has 0 aromatic carbocycles. The number of rotatable bonds is 6. The molecule has 0 spiro atoms. The van der Waals surface area contributed by atoms with Crippen LogP contribution in [0.25, 0.3) is 27.9 Å². The molecular formula is C23H27F2N7O2. The lowest BCUT2D eigenvalue weighted by Crippen LogP contribution is -2.36. The van der Waals surface area contributed by atoms with Crippen molar-refractivity contribution in [3.8, 4) is 17.1 Å². The van der Waals surface area contributed by atoms with Crippen LogP contribution in [0.1, 0.15) is 38.4 Å². The fourth-order valence-corrected chi connectivity index (χ4v) is 4.59. The first-order chi connectivity index (χ1) is 16.2. The molecule has 11 heteroatoms. The Morgan fingerprint density at radius 3 is 2.68 bits per heavy atom. The van der Waals surface area contributed by atoms with E-state index < -0.39 is 18.6 Å². The summed E-state index contributed by atoms with van der Waals surface area (Å²) < 4.78 is 34.9. The van der Waals surface area contributed by atoms with Crippen LogP contribution in [-0.2, 0) is 6.54 Å². The first kappa shape index (κ1) is 22.5. The molecule has 4 aromatic rings. The number of aryl methyl sites for hydroxylation is 1. The molecule has 0 unspecified atom stereocenters. The minimum Gasteiger partial charge on any atom is -0.479 e. The second kappa shape index (κ2) is 8.46. The van der Waals surface area contributed by atoms with Crippen LogP contribution in [-0.4, -0.2) is 59.4 Å². The van der Waals surface area contributed by atoms with E-state index in [1.807, 2.05) is 13.0 Å². The van der Waals surface area contributed by atoms with Gasteiger partial charge >= 0.3 is 0 Å². The molecule has 4 heterocycles. The molecule has 1 aliphatic rings. The molecule has 1 saturated carbocycles. The van der Waals surface area contributed by atoms with Gasteiger partial charge in [0.15, 0.2) is 5.65 Å². The van der Waals surface area contributed by atoms with Crippen LogP contribution >= 0.6 is 0 Å². The Morgan fingerprint density at radius 2 is 1.97 bits per heavy atom. The zero-order valence-electron chi connectivity index (χ0n) is 19.3. The van der Waals surface area contributed by atoms with Crippen molar-refractivity contribution in [3.05, 3.63) is 30.2 Å². The maximum absolute atomic E-state index is 13.1. The van der Waals surface area contributed by atoms with Gasteiger partial charge in [-0.15, -0.1) is 5.10 Å². The van der Waals surface area contributed by atoms with Gasteiger partial charge in [-0.1, -0.05) is 0 Å². The summed E-state index contributed by atoms with van der Waals surface area (Å²) in [6.07, 6.45) is 2.36. The first-order valence-corrected chi connectivity index (χ1v) is 11.3. The second-order valence-corrected chi connectivity index (χ2v) is 9.08. The SMILES string of the molecule is COc1nc(NC2CCC(C)(O)CC2)nn2ccc(-c3ccc4nc(C)n(CC(F)F)c4n3)c12. The molecule has 0 saturated heterocycles. The van der Waals surface area contributed by atoms with E-state index in [-0.39, 0.29) is 6.04 Å². The molecule has 180 valence electrons. The van der Waals surface area contributed by atoms with Crippen molar-refractivity contribution < 1.29 is 18.6 Å². The minimum atomic E-state index is -2.51. The number of aliphatic hydroxyl groups is 1. The lowest BCUT2D eigenvalue weighted by molar-refractivity contribution is 0.0195. The normalized spacial score (nSPS) is 21.0. The van der Waals surface area contributed by atoms with E-state index in [2.05, 4.69) is 25.4 Å². The summed E-state index contributed by atoms with van der Waals surface area (Å²) in [4.78, 5) is 13.6. The molecular weight excluding hydrogens is 444 g/mol. The zero-order valence-corrected chi connectivity index (χ0v) is 19.3. The number of pyridine rings is 1. The Kier molecular flexibility index (Phi) is 5.59. The number of aromatic nitrogens is 6. The van der Waals surface area contributed by atoms with Crippen molar-refractivity contribution in [1.82, 2.24) is 29.1 Å². The van der Waals surface area contributed by atoms with E-state index in [9.17, 15) is 13.9 Å². The summed E-state index contributed by atoms with van der Waals surface area (Å²) in [6, 6.07) is 5.59. The zero-order chi connectivity index (χ0) is 24.0. The van der Waals surface area contributed by atoms with Gasteiger partial charge in [0.05, 0.1) is 24.9 Å². The average molecular weight is 472 g/mol. The summed E-state index contributed by atoms with van der Waals surface area (Å²) >= 11 is 0. The quantitative estimate of drug-likeness (QED) is 0.441. The van der Waals surface area contributed by atoms with Crippen LogP contribution in [0.2, 0.25) is 0 Å². The Hall–Kier alpha value is -3.34. The lowest BCUT2D eigenvalue weighted by atomic mass is 9.84. The Morgan fingerprint density at radius 1 is 1.21 bits per heavy atom. The van der Waals surface area contributed by atoms with E-state index >= 15 is 0 Å². The van der Waals surface area contributed by atoms with Crippen molar-refractivity contribution in [2.75, 3.05) is 12.4 Å². The predicted octanol–water partition coefficient (Wildman–Crippen LogP) is 3.83. The number of hydrogen-bond acceptors (Lipinski definition) is 7. The van der Waals surface area contributed by atoms with Gasteiger partial charge < -0.3 is 19.7 Å². The number of anilines is 1. The van der Waals surface area contributed by atoms with Crippen molar-refractivity contribution >= 4 is 22.6 Å². The van der Waals surface area contributed by atoms with Crippen molar-refractivity contribution in [2.45, 2.75) is 64.1 Å². The largest absolute Gasteiger partial charge is 0.479 e. The number of ether oxygens (including phenoxy) is 1. The second-order valence-electron chi connectivity index (χ2n) is 9.08. The van der Waals surface area contributed by atoms with Crippen LogP contribution in [0.5, 0.6) is 5.88 Å². The van der Waals surface area contributed by atoms with Gasteiger partial charge in [0.25, 0.3) is 6.43 Å². The van der Waals surface area contributed by atoms with Gasteiger partial charge in [-0.3, -0.25) is 0 Å². The number of fused-ring (bicyclic) bond motifs is 2. The fourth-order valence-electron chi connectivity index (χ4n) is 4.59. The summed E-state index contributed by atoms with van der Waals surface area (Å²) in [5, 5.41) is 18.1. The van der Waals surface area contributed by atoms with Crippen LogP contribution < -0.4 is 10.1 Å². The van der Waals surface area contributed by atoms with Crippen molar-refractivity contribution in [2.24, 2.45) is 0 Å². The molecule has 5 rings (SSSR count). The highest BCUT2D eigenvalue weighted by Gasteiger charge is 2.29. The molecule has 0 bridgehead atoms. The summed E-state index contributed by atoms with van der Waals surface area (Å²) in [7, 11) is 1.54. The summed E-state index contributed by atoms with van der Waals surface area (Å²) in [5.41, 5.74) is 2.28. The smallest absolute Gasteiger partial charge is 0.256 e. The molecule has 2 N–H and O–H groups in total. The lowest BCUT2D eigenvalue weighted by Gasteiger charge is -2.33. The molecule has 0 aliphatic heterocycles. The number of imidazole rings is 1. The van der Waals surface area contributed by atoms with Gasteiger partial charge in [0.2, 0.25) is 11.8 Å². The average Bonchev–Trinajstić information content (AvgIpc) is 3.35. The number of nitrogens with zero attached hydrogens (tertiary/aromatic N) is 6. The van der Waals surface area contributed by atoms with Gasteiger partial charge in [-0.2, -0.15) is 4.98 Å². The van der Waals surface area contributed by atoms with E-state index in [4.69, 9.17) is 4.74 Å². The summed E-state index contributed by atoms with van der Waals surface area (Å²) in [6.45, 7) is 3.09. The van der Waals surface area contributed by atoms with Crippen molar-refractivity contribution in [3.63, 3.8) is 0 Å². The third-order valence-electron chi connectivity index (χ3n) is 6.45. The molecule has 0 amide bonds. The molecule has 1 fully saturated rings. The first-order valence-electron chi connectivity index (χ1n) is 11.3. The Balaban J connectivity index is 1.51. The highest BCUT2D eigenvalue weighted by molar-refractivity contribution is 5.85. The topological polar surface area (TPSA) is 102 Å². The van der Waals surface area contributed by atoms with Gasteiger partial charge in [-0.05, 0) is 57.7 Å². The third-order valence-corrected chi connectivity index (χ3v) is 6.45. The van der Waals surface area contributed by atoms with E-state index in [0.29, 0.717) is 52.9 Å². The van der Waals surface area contributed by atoms with Crippen LogP contribution in [0.15, 0.2) is 24.4 Å². The van der Waals surface area contributed by atoms with Gasteiger partial charge in [0.1, 0.15) is 16.9 Å². The van der Waals surface area contributed by atoms with Crippen LogP contribution in [0.4, 0.5) is 14.7 Å². The minimum absolute atomic E-state index is 0.167. The number of methoxy groups -OCH3 is 1. The summed E-state index contributed by atoms with van der Waals surface area (Å²) in [5.74, 6) is 1.30. The predicted molar refractivity (Wildman–Crippen MR) is 123 cm³/mol. The molecule has 0 atom stereocenters. The number of halogens is 2.